The van der Waals surface area contributed by atoms with Gasteiger partial charge < -0.3 is 4.52 Å². The second-order valence-electron chi connectivity index (χ2n) is 7.31. The minimum Gasteiger partial charge on any atom is -0.355 e. The van der Waals surface area contributed by atoms with E-state index in [-0.39, 0.29) is 5.69 Å². The van der Waals surface area contributed by atoms with E-state index < -0.39 is 4.92 Å². The molecule has 0 spiro atoms. The third kappa shape index (κ3) is 4.18. The van der Waals surface area contributed by atoms with Crippen LogP contribution in [0.25, 0.3) is 45.1 Å². The van der Waals surface area contributed by atoms with Gasteiger partial charge in [-0.2, -0.15) is 5.26 Å². The topological polar surface area (TPSA) is 106 Å². The average Bonchev–Trinajstić information content (AvgIpc) is 3.51. The molecule has 0 unspecified atom stereocenters. The van der Waals surface area contributed by atoms with E-state index in [0.29, 0.717) is 38.1 Å². The molecular weight excluding hydrogens is 472 g/mol. The summed E-state index contributed by atoms with van der Waals surface area (Å²) < 4.78 is 5.55. The highest BCUT2D eigenvalue weighted by atomic mass is 35.5. The standard InChI is InChI=1S/C25H13ClN4O3S/c26-19-7-5-16(6-8-19)24-21-11-15(4-9-22(21)29-33-24)10-18(13-27)25-28-23(14-34-25)17-2-1-3-20(12-17)30(31)32/h1-12,14H/b18-10+. The van der Waals surface area contributed by atoms with Gasteiger partial charge in [-0.1, -0.05) is 35.0 Å². The molecule has 2 heterocycles. The Morgan fingerprint density at radius 3 is 2.71 bits per heavy atom. The van der Waals surface area contributed by atoms with Gasteiger partial charge in [0.1, 0.15) is 16.6 Å². The van der Waals surface area contributed by atoms with Crippen LogP contribution in [-0.4, -0.2) is 15.1 Å². The molecule has 0 atom stereocenters. The van der Waals surface area contributed by atoms with E-state index in [4.69, 9.17) is 16.1 Å². The molecule has 0 amide bonds. The van der Waals surface area contributed by atoms with E-state index in [1.807, 2.05) is 30.3 Å². The van der Waals surface area contributed by atoms with Crippen molar-refractivity contribution < 1.29 is 9.45 Å². The maximum atomic E-state index is 11.1. The molecule has 164 valence electrons. The van der Waals surface area contributed by atoms with E-state index in [1.54, 1.807) is 35.7 Å². The van der Waals surface area contributed by atoms with Crippen LogP contribution in [0.4, 0.5) is 5.69 Å². The second kappa shape index (κ2) is 8.90. The number of thiazole rings is 1. The summed E-state index contributed by atoms with van der Waals surface area (Å²) in [5, 5.41) is 28.7. The molecule has 0 N–H and O–H groups in total. The molecule has 7 nitrogen and oxygen atoms in total. The van der Waals surface area contributed by atoms with Crippen molar-refractivity contribution in [1.82, 2.24) is 10.1 Å². The number of nitro groups is 1. The van der Waals surface area contributed by atoms with Crippen LogP contribution in [-0.2, 0) is 0 Å². The van der Waals surface area contributed by atoms with Crippen LogP contribution in [0.1, 0.15) is 10.6 Å². The highest BCUT2D eigenvalue weighted by Gasteiger charge is 2.14. The highest BCUT2D eigenvalue weighted by molar-refractivity contribution is 7.11. The molecule has 2 aromatic heterocycles. The minimum absolute atomic E-state index is 0.0124. The van der Waals surface area contributed by atoms with Crippen LogP contribution in [0.15, 0.2) is 76.6 Å². The molecule has 0 bridgehead atoms. The number of non-ortho nitro benzene ring substituents is 1. The van der Waals surface area contributed by atoms with Gasteiger partial charge in [0.2, 0.25) is 0 Å². The molecule has 34 heavy (non-hydrogen) atoms. The van der Waals surface area contributed by atoms with Crippen molar-refractivity contribution in [3.63, 3.8) is 0 Å². The molecule has 0 saturated carbocycles. The number of rotatable bonds is 5. The Labute approximate surface area is 202 Å². The molecule has 5 rings (SSSR count). The molecule has 0 fully saturated rings. The zero-order chi connectivity index (χ0) is 23.7. The number of nitro benzene ring substituents is 1. The van der Waals surface area contributed by atoms with Gasteiger partial charge in [-0.25, -0.2) is 4.98 Å². The highest BCUT2D eigenvalue weighted by Crippen LogP contribution is 2.32. The predicted molar refractivity (Wildman–Crippen MR) is 132 cm³/mol. The van der Waals surface area contributed by atoms with Gasteiger partial charge in [0.15, 0.2) is 5.76 Å². The van der Waals surface area contributed by atoms with E-state index in [1.165, 1.54) is 23.5 Å². The van der Waals surface area contributed by atoms with Gasteiger partial charge in [0.25, 0.3) is 5.69 Å². The maximum absolute atomic E-state index is 11.1. The Morgan fingerprint density at radius 1 is 1.12 bits per heavy atom. The first kappa shape index (κ1) is 21.5. The monoisotopic (exact) mass is 484 g/mol. The van der Waals surface area contributed by atoms with E-state index in [9.17, 15) is 15.4 Å². The molecule has 3 aromatic carbocycles. The summed E-state index contributed by atoms with van der Waals surface area (Å²) in [6, 6.07) is 21.3. The lowest BCUT2D eigenvalue weighted by atomic mass is 10.0. The van der Waals surface area contributed by atoms with Crippen LogP contribution in [0.2, 0.25) is 5.02 Å². The molecule has 9 heteroatoms. The van der Waals surface area contributed by atoms with Crippen LogP contribution in [0, 0.1) is 21.4 Å². The van der Waals surface area contributed by atoms with Gasteiger partial charge in [-0.05, 0) is 48.0 Å². The van der Waals surface area contributed by atoms with Crippen molar-refractivity contribution in [2.75, 3.05) is 0 Å². The normalized spacial score (nSPS) is 11.5. The van der Waals surface area contributed by atoms with Crippen molar-refractivity contribution in [3.8, 4) is 28.7 Å². The van der Waals surface area contributed by atoms with Crippen LogP contribution in [0.3, 0.4) is 0 Å². The van der Waals surface area contributed by atoms with Crippen LogP contribution >= 0.6 is 22.9 Å². The third-order valence-corrected chi connectivity index (χ3v) is 6.25. The van der Waals surface area contributed by atoms with Crippen molar-refractivity contribution in [2.45, 2.75) is 0 Å². The number of allylic oxidation sites excluding steroid dienone is 1. The zero-order valence-corrected chi connectivity index (χ0v) is 18.9. The maximum Gasteiger partial charge on any atom is 0.270 e. The lowest BCUT2D eigenvalue weighted by Crippen LogP contribution is -1.88. The van der Waals surface area contributed by atoms with Crippen molar-refractivity contribution in [1.29, 1.82) is 5.26 Å². The van der Waals surface area contributed by atoms with E-state index >= 15 is 0 Å². The Morgan fingerprint density at radius 2 is 1.94 bits per heavy atom. The van der Waals surface area contributed by atoms with E-state index in [0.717, 1.165) is 16.5 Å². The minimum atomic E-state index is -0.448. The van der Waals surface area contributed by atoms with E-state index in [2.05, 4.69) is 16.2 Å². The zero-order valence-electron chi connectivity index (χ0n) is 17.3. The fraction of sp³-hybridized carbons (Fsp3) is 0. The number of aromatic nitrogens is 2. The molecule has 0 aliphatic rings. The predicted octanol–water partition coefficient (Wildman–Crippen LogP) is 7.24. The summed E-state index contributed by atoms with van der Waals surface area (Å²) in [5.74, 6) is 0.614. The fourth-order valence-electron chi connectivity index (χ4n) is 3.48. The van der Waals surface area contributed by atoms with Gasteiger partial charge in [0, 0.05) is 33.7 Å². The fourth-order valence-corrected chi connectivity index (χ4v) is 4.40. The molecule has 0 aliphatic carbocycles. The summed E-state index contributed by atoms with van der Waals surface area (Å²) in [6.45, 7) is 0. The summed E-state index contributed by atoms with van der Waals surface area (Å²) >= 11 is 7.29. The third-order valence-electron chi connectivity index (χ3n) is 5.13. The largest absolute Gasteiger partial charge is 0.355 e. The lowest BCUT2D eigenvalue weighted by molar-refractivity contribution is -0.384. The second-order valence-corrected chi connectivity index (χ2v) is 8.60. The lowest BCUT2D eigenvalue weighted by Gasteiger charge is -1.99. The molecule has 0 radical (unpaired) electrons. The van der Waals surface area contributed by atoms with Crippen molar-refractivity contribution in [2.24, 2.45) is 0 Å². The number of nitrogens with zero attached hydrogens (tertiary/aromatic N) is 4. The smallest absolute Gasteiger partial charge is 0.270 e. The molecule has 5 aromatic rings. The first-order chi connectivity index (χ1) is 16.5. The Kier molecular flexibility index (Phi) is 5.64. The number of halogens is 1. The SMILES string of the molecule is N#C/C(=C\c1ccc2noc(-c3ccc(Cl)cc3)c2c1)c1nc(-c2cccc([N+](=O)[O-])c2)cs1. The van der Waals surface area contributed by atoms with Gasteiger partial charge in [0.05, 0.1) is 21.6 Å². The quantitative estimate of drug-likeness (QED) is 0.148. The number of benzene rings is 3. The van der Waals surface area contributed by atoms with Gasteiger partial charge in [-0.15, -0.1) is 11.3 Å². The van der Waals surface area contributed by atoms with Crippen LogP contribution < -0.4 is 0 Å². The summed E-state index contributed by atoms with van der Waals surface area (Å²) in [7, 11) is 0. The first-order valence-electron chi connectivity index (χ1n) is 10.00. The van der Waals surface area contributed by atoms with Gasteiger partial charge in [-0.3, -0.25) is 10.1 Å². The van der Waals surface area contributed by atoms with Crippen molar-refractivity contribution >= 4 is 51.2 Å². The molecular formula is C25H13ClN4O3S. The van der Waals surface area contributed by atoms with Crippen molar-refractivity contribution in [3.05, 3.63) is 97.8 Å². The summed E-state index contributed by atoms with van der Waals surface area (Å²) in [5.41, 5.74) is 3.89. The Balaban J connectivity index is 1.50. The molecule has 0 saturated heterocycles. The first-order valence-corrected chi connectivity index (χ1v) is 11.3. The number of fused-ring (bicyclic) bond motifs is 1. The number of hydrogen-bond acceptors (Lipinski definition) is 7. The summed E-state index contributed by atoms with van der Waals surface area (Å²) in [6.07, 6.45) is 1.74. The Bertz CT molecular complexity index is 1610. The molecule has 0 aliphatic heterocycles. The van der Waals surface area contributed by atoms with Gasteiger partial charge >= 0.3 is 0 Å². The van der Waals surface area contributed by atoms with Crippen LogP contribution in [0.5, 0.6) is 0 Å². The number of nitriles is 1. The summed E-state index contributed by atoms with van der Waals surface area (Å²) in [4.78, 5) is 15.2. The average molecular weight is 485 g/mol. The Hall–Kier alpha value is -4.32. The number of hydrogen-bond donors (Lipinski definition) is 0.